The van der Waals surface area contributed by atoms with Crippen LogP contribution in [0.3, 0.4) is 0 Å². The molecule has 0 bridgehead atoms. The Hall–Kier alpha value is -4.71. The summed E-state index contributed by atoms with van der Waals surface area (Å²) in [6, 6.07) is 22.6. The Bertz CT molecular complexity index is 1560. The summed E-state index contributed by atoms with van der Waals surface area (Å²) < 4.78 is 6.20. The molecule has 0 unspecified atom stereocenters. The van der Waals surface area contributed by atoms with Crippen molar-refractivity contribution in [1.82, 2.24) is 0 Å². The van der Waals surface area contributed by atoms with Gasteiger partial charge in [0.2, 0.25) is 0 Å². The average Bonchev–Trinajstić information content (AvgIpc) is 3.12. The van der Waals surface area contributed by atoms with Crippen molar-refractivity contribution in [2.75, 3.05) is 0 Å². The molecule has 0 saturated carbocycles. The van der Waals surface area contributed by atoms with Crippen LogP contribution in [0.5, 0.6) is 23.0 Å². The minimum Gasteiger partial charge on any atom is -0.508 e. The quantitative estimate of drug-likeness (QED) is 0.273. The van der Waals surface area contributed by atoms with Crippen LogP contribution >= 0.6 is 0 Å². The van der Waals surface area contributed by atoms with Crippen LogP contribution in [0.4, 0.5) is 0 Å². The summed E-state index contributed by atoms with van der Waals surface area (Å²) in [4.78, 5) is 13.1. The fourth-order valence-corrected chi connectivity index (χ4v) is 5.02. The molecule has 0 aromatic heterocycles. The van der Waals surface area contributed by atoms with Gasteiger partial charge in [0.05, 0.1) is 5.56 Å². The summed E-state index contributed by atoms with van der Waals surface area (Å²) in [6.07, 6.45) is 0. The third-order valence-corrected chi connectivity index (χ3v) is 6.48. The van der Waals surface area contributed by atoms with Gasteiger partial charge in [0.15, 0.2) is 5.60 Å². The van der Waals surface area contributed by atoms with Crippen LogP contribution in [0, 0.1) is 0 Å². The van der Waals surface area contributed by atoms with Crippen LogP contribution in [0.25, 0.3) is 21.5 Å². The fourth-order valence-electron chi connectivity index (χ4n) is 5.02. The van der Waals surface area contributed by atoms with Gasteiger partial charge in [-0.25, -0.2) is 4.79 Å². The molecule has 0 atom stereocenters. The van der Waals surface area contributed by atoms with Crippen molar-refractivity contribution in [1.29, 1.82) is 0 Å². The summed E-state index contributed by atoms with van der Waals surface area (Å²) in [6.45, 7) is 0. The van der Waals surface area contributed by atoms with Gasteiger partial charge in [-0.15, -0.1) is 0 Å². The molecule has 1 heterocycles. The molecule has 0 radical (unpaired) electrons. The molecule has 0 fully saturated rings. The van der Waals surface area contributed by atoms with Crippen LogP contribution in [0.2, 0.25) is 0 Å². The molecule has 0 spiro atoms. The Morgan fingerprint density at radius 1 is 0.559 bits per heavy atom. The molecule has 5 aromatic rings. The standard InChI is InChI=1S/C28H18O6/c29-15-5-7-17-20(13-15)23(9-11-25(17)31)28(22-4-2-1-3-19(22)27(33)34-28)24-10-12-26(32)18-8-6-16(30)14-21(18)24/h1-14,29-32H. The minimum atomic E-state index is -1.48. The lowest BCUT2D eigenvalue weighted by Gasteiger charge is -2.32. The van der Waals surface area contributed by atoms with E-state index in [4.69, 9.17) is 4.74 Å². The number of phenolic OH excluding ortho intramolecular Hbond substituents is 4. The van der Waals surface area contributed by atoms with E-state index in [0.29, 0.717) is 43.8 Å². The van der Waals surface area contributed by atoms with Gasteiger partial charge in [0.1, 0.15) is 23.0 Å². The van der Waals surface area contributed by atoms with Crippen LogP contribution in [0.15, 0.2) is 84.9 Å². The van der Waals surface area contributed by atoms with Gasteiger partial charge in [-0.3, -0.25) is 0 Å². The largest absolute Gasteiger partial charge is 0.508 e. The molecule has 0 saturated heterocycles. The highest BCUT2D eigenvalue weighted by Gasteiger charge is 2.50. The lowest BCUT2D eigenvalue weighted by Crippen LogP contribution is -2.30. The van der Waals surface area contributed by atoms with Crippen molar-refractivity contribution in [2.45, 2.75) is 5.60 Å². The Kier molecular flexibility index (Phi) is 4.04. The number of benzene rings is 5. The van der Waals surface area contributed by atoms with Crippen molar-refractivity contribution in [2.24, 2.45) is 0 Å². The zero-order valence-electron chi connectivity index (χ0n) is 17.7. The molecule has 166 valence electrons. The highest BCUT2D eigenvalue weighted by Crippen LogP contribution is 2.52. The predicted octanol–water partition coefficient (Wildman–Crippen LogP) is 5.28. The lowest BCUT2D eigenvalue weighted by atomic mass is 9.76. The summed E-state index contributed by atoms with van der Waals surface area (Å²) in [5, 5.41) is 43.5. The topological polar surface area (TPSA) is 107 Å². The Morgan fingerprint density at radius 2 is 1.09 bits per heavy atom. The van der Waals surface area contributed by atoms with Crippen molar-refractivity contribution >= 4 is 27.5 Å². The Labute approximate surface area is 193 Å². The number of hydrogen-bond donors (Lipinski definition) is 4. The second-order valence-electron chi connectivity index (χ2n) is 8.34. The zero-order chi connectivity index (χ0) is 23.6. The zero-order valence-corrected chi connectivity index (χ0v) is 17.7. The first-order valence-electron chi connectivity index (χ1n) is 10.6. The van der Waals surface area contributed by atoms with E-state index < -0.39 is 11.6 Å². The predicted molar refractivity (Wildman–Crippen MR) is 126 cm³/mol. The second-order valence-corrected chi connectivity index (χ2v) is 8.34. The van der Waals surface area contributed by atoms with Crippen LogP contribution in [-0.2, 0) is 10.3 Å². The molecule has 34 heavy (non-hydrogen) atoms. The van der Waals surface area contributed by atoms with Gasteiger partial charge < -0.3 is 25.2 Å². The molecule has 0 amide bonds. The number of cyclic esters (lactones) is 1. The molecular weight excluding hydrogens is 432 g/mol. The average molecular weight is 450 g/mol. The SMILES string of the molecule is O=C1OC(c2ccc(O)c3ccc(O)cc23)(c2ccc(O)c3ccc(O)cc23)c2ccccc21. The van der Waals surface area contributed by atoms with E-state index in [1.807, 2.05) is 0 Å². The second kappa shape index (κ2) is 6.89. The number of fused-ring (bicyclic) bond motifs is 3. The number of carbonyl (C=O) groups is 1. The highest BCUT2D eigenvalue weighted by molar-refractivity contribution is 6.02. The van der Waals surface area contributed by atoms with Crippen molar-refractivity contribution in [3.05, 3.63) is 107 Å². The Balaban J connectivity index is 1.83. The Morgan fingerprint density at radius 3 is 1.65 bits per heavy atom. The first-order chi connectivity index (χ1) is 16.4. The molecule has 6 rings (SSSR count). The molecule has 6 heteroatoms. The number of aromatic hydroxyl groups is 4. The van der Waals surface area contributed by atoms with E-state index >= 15 is 0 Å². The first-order valence-corrected chi connectivity index (χ1v) is 10.6. The minimum absolute atomic E-state index is 0.0136. The molecule has 1 aliphatic rings. The maximum Gasteiger partial charge on any atom is 0.340 e. The smallest absolute Gasteiger partial charge is 0.340 e. The first kappa shape index (κ1) is 19.9. The number of esters is 1. The fraction of sp³-hybridized carbons (Fsp3) is 0.0357. The summed E-state index contributed by atoms with van der Waals surface area (Å²) in [5.74, 6) is -0.529. The van der Waals surface area contributed by atoms with E-state index in [0.717, 1.165) is 0 Å². The van der Waals surface area contributed by atoms with E-state index in [1.165, 1.54) is 36.4 Å². The third-order valence-electron chi connectivity index (χ3n) is 6.48. The number of carbonyl (C=O) groups excluding carboxylic acids is 1. The van der Waals surface area contributed by atoms with E-state index in [1.54, 1.807) is 48.5 Å². The van der Waals surface area contributed by atoms with Crippen molar-refractivity contribution in [3.8, 4) is 23.0 Å². The van der Waals surface area contributed by atoms with E-state index in [2.05, 4.69) is 0 Å². The number of ether oxygens (including phenoxy) is 1. The van der Waals surface area contributed by atoms with Crippen LogP contribution in [0.1, 0.15) is 27.0 Å². The lowest BCUT2D eigenvalue weighted by molar-refractivity contribution is 0.0260. The third kappa shape index (κ3) is 2.59. The van der Waals surface area contributed by atoms with Crippen LogP contribution < -0.4 is 0 Å². The van der Waals surface area contributed by atoms with Crippen molar-refractivity contribution < 1.29 is 30.0 Å². The van der Waals surface area contributed by atoms with Gasteiger partial charge in [-0.05, 0) is 77.5 Å². The summed E-state index contributed by atoms with van der Waals surface area (Å²) >= 11 is 0. The number of rotatable bonds is 2. The van der Waals surface area contributed by atoms with Crippen molar-refractivity contribution in [3.63, 3.8) is 0 Å². The van der Waals surface area contributed by atoms with Gasteiger partial charge >= 0.3 is 5.97 Å². The molecule has 0 aliphatic carbocycles. The summed E-state index contributed by atoms with van der Waals surface area (Å²) in [5.41, 5.74) is 0.512. The van der Waals surface area contributed by atoms with Gasteiger partial charge in [0, 0.05) is 27.5 Å². The van der Waals surface area contributed by atoms with Crippen LogP contribution in [-0.4, -0.2) is 26.4 Å². The van der Waals surface area contributed by atoms with Gasteiger partial charge in [0.25, 0.3) is 0 Å². The number of phenols is 4. The highest BCUT2D eigenvalue weighted by atomic mass is 16.6. The van der Waals surface area contributed by atoms with E-state index in [-0.39, 0.29) is 23.0 Å². The summed E-state index contributed by atoms with van der Waals surface area (Å²) in [7, 11) is 0. The molecule has 5 aromatic carbocycles. The molecule has 4 N–H and O–H groups in total. The molecule has 6 nitrogen and oxygen atoms in total. The number of hydrogen-bond acceptors (Lipinski definition) is 6. The maximum absolute atomic E-state index is 13.1. The molecular formula is C28H18O6. The van der Waals surface area contributed by atoms with Gasteiger partial charge in [-0.2, -0.15) is 0 Å². The monoisotopic (exact) mass is 450 g/mol. The molecule has 1 aliphatic heterocycles. The van der Waals surface area contributed by atoms with E-state index in [9.17, 15) is 25.2 Å². The normalized spacial score (nSPS) is 14.3. The maximum atomic E-state index is 13.1. The van der Waals surface area contributed by atoms with Gasteiger partial charge in [-0.1, -0.05) is 18.2 Å².